The molecule has 4 heteroatoms. The number of fused-ring (bicyclic) bond motifs is 1. The molecule has 3 rings (SSSR count). The van der Waals surface area contributed by atoms with E-state index in [0.717, 1.165) is 24.0 Å². The molecule has 0 fully saturated rings. The Morgan fingerprint density at radius 3 is 3.00 bits per heavy atom. The number of aldehydes is 1. The second-order valence-electron chi connectivity index (χ2n) is 3.79. The van der Waals surface area contributed by atoms with Crippen molar-refractivity contribution in [2.24, 2.45) is 0 Å². The van der Waals surface area contributed by atoms with Crippen LogP contribution < -0.4 is 0 Å². The summed E-state index contributed by atoms with van der Waals surface area (Å²) in [6.07, 6.45) is 3.60. The molecule has 0 aliphatic heterocycles. The van der Waals surface area contributed by atoms with Gasteiger partial charge in [0.15, 0.2) is 6.29 Å². The molecule has 0 atom stereocenters. The first kappa shape index (κ1) is 10.2. The van der Waals surface area contributed by atoms with Crippen molar-refractivity contribution in [1.82, 2.24) is 9.38 Å². The molecule has 0 saturated heterocycles. The average molecular weight is 242 g/mol. The highest BCUT2D eigenvalue weighted by atomic mass is 32.1. The van der Waals surface area contributed by atoms with E-state index in [4.69, 9.17) is 0 Å². The van der Waals surface area contributed by atoms with Crippen LogP contribution in [0.1, 0.15) is 21.1 Å². The second kappa shape index (κ2) is 4.14. The fourth-order valence-corrected chi connectivity index (χ4v) is 2.58. The zero-order chi connectivity index (χ0) is 11.7. The molecule has 3 aromatic heterocycles. The number of pyridine rings is 1. The summed E-state index contributed by atoms with van der Waals surface area (Å²) < 4.78 is 1.83. The molecule has 0 aromatic carbocycles. The van der Waals surface area contributed by atoms with Crippen molar-refractivity contribution in [1.29, 1.82) is 0 Å². The van der Waals surface area contributed by atoms with E-state index in [9.17, 15) is 4.79 Å². The van der Waals surface area contributed by atoms with E-state index >= 15 is 0 Å². The number of hydrogen-bond acceptors (Lipinski definition) is 3. The van der Waals surface area contributed by atoms with E-state index in [1.165, 1.54) is 4.88 Å². The minimum Gasteiger partial charge on any atom is -0.297 e. The molecule has 0 aliphatic carbocycles. The Morgan fingerprint density at radius 1 is 1.29 bits per heavy atom. The predicted molar refractivity (Wildman–Crippen MR) is 67.7 cm³/mol. The fourth-order valence-electron chi connectivity index (χ4n) is 1.86. The summed E-state index contributed by atoms with van der Waals surface area (Å²) in [6, 6.07) is 9.67. The van der Waals surface area contributed by atoms with Crippen LogP contribution in [0.4, 0.5) is 0 Å². The first-order valence-corrected chi connectivity index (χ1v) is 6.19. The van der Waals surface area contributed by atoms with Crippen LogP contribution in [-0.4, -0.2) is 15.7 Å². The highest BCUT2D eigenvalue weighted by Gasteiger charge is 2.05. The smallest absolute Gasteiger partial charge is 0.166 e. The summed E-state index contributed by atoms with van der Waals surface area (Å²) in [5.74, 6) is 0. The molecule has 0 saturated carbocycles. The lowest BCUT2D eigenvalue weighted by molar-refractivity contribution is 0.111. The molecular weight excluding hydrogens is 232 g/mol. The molecule has 0 spiro atoms. The average Bonchev–Trinajstić information content (AvgIpc) is 2.97. The molecule has 3 nitrogen and oxygen atoms in total. The predicted octanol–water partition coefficient (Wildman–Crippen LogP) is 2.80. The summed E-state index contributed by atoms with van der Waals surface area (Å²) in [5, 5.41) is 2.06. The molecule has 0 bridgehead atoms. The summed E-state index contributed by atoms with van der Waals surface area (Å²) >= 11 is 1.72. The summed E-state index contributed by atoms with van der Waals surface area (Å²) in [6.45, 7) is 0. The van der Waals surface area contributed by atoms with Gasteiger partial charge in [-0.25, -0.2) is 4.98 Å². The number of thiophene rings is 1. The lowest BCUT2D eigenvalue weighted by atomic mass is 10.3. The lowest BCUT2D eigenvalue weighted by Crippen LogP contribution is -1.92. The van der Waals surface area contributed by atoms with E-state index in [-0.39, 0.29) is 0 Å². The fraction of sp³-hybridized carbons (Fsp3) is 0.0769. The molecule has 3 heterocycles. The number of carbonyl (C=O) groups excluding carboxylic acids is 1. The van der Waals surface area contributed by atoms with Crippen LogP contribution in [0.15, 0.2) is 41.9 Å². The van der Waals surface area contributed by atoms with Crippen LogP contribution in [0, 0.1) is 0 Å². The third kappa shape index (κ3) is 1.87. The third-order valence-corrected chi connectivity index (χ3v) is 3.51. The van der Waals surface area contributed by atoms with E-state index in [0.29, 0.717) is 5.69 Å². The lowest BCUT2D eigenvalue weighted by Gasteiger charge is -1.94. The van der Waals surface area contributed by atoms with Gasteiger partial charge in [-0.15, -0.1) is 11.3 Å². The number of imidazole rings is 1. The SMILES string of the molecule is O=Cc1cccc2nc(Cc3cccs3)cn12. The van der Waals surface area contributed by atoms with Gasteiger partial charge in [0.25, 0.3) is 0 Å². The van der Waals surface area contributed by atoms with Crippen molar-refractivity contribution in [2.75, 3.05) is 0 Å². The van der Waals surface area contributed by atoms with Crippen molar-refractivity contribution in [3.63, 3.8) is 0 Å². The normalized spacial score (nSPS) is 10.8. The zero-order valence-electron chi connectivity index (χ0n) is 9.04. The zero-order valence-corrected chi connectivity index (χ0v) is 9.85. The van der Waals surface area contributed by atoms with Crippen LogP contribution in [-0.2, 0) is 6.42 Å². The Balaban J connectivity index is 2.04. The topological polar surface area (TPSA) is 34.4 Å². The monoisotopic (exact) mass is 242 g/mol. The quantitative estimate of drug-likeness (QED) is 0.662. The number of aromatic nitrogens is 2. The van der Waals surface area contributed by atoms with Crippen molar-refractivity contribution < 1.29 is 4.79 Å². The first-order valence-electron chi connectivity index (χ1n) is 5.31. The molecule has 0 aliphatic rings. The molecule has 17 heavy (non-hydrogen) atoms. The van der Waals surface area contributed by atoms with Gasteiger partial charge < -0.3 is 0 Å². The van der Waals surface area contributed by atoms with Crippen LogP contribution >= 0.6 is 11.3 Å². The van der Waals surface area contributed by atoms with Gasteiger partial charge in [0.05, 0.1) is 11.4 Å². The number of hydrogen-bond donors (Lipinski definition) is 0. The maximum atomic E-state index is 10.9. The minimum atomic E-state index is 0.632. The van der Waals surface area contributed by atoms with Gasteiger partial charge in [-0.2, -0.15) is 0 Å². The van der Waals surface area contributed by atoms with Gasteiger partial charge in [0, 0.05) is 17.5 Å². The molecular formula is C13H10N2OS. The van der Waals surface area contributed by atoms with Crippen LogP contribution in [0.3, 0.4) is 0 Å². The molecule has 0 unspecified atom stereocenters. The van der Waals surface area contributed by atoms with Gasteiger partial charge in [0.2, 0.25) is 0 Å². The van der Waals surface area contributed by atoms with Crippen molar-refractivity contribution in [3.8, 4) is 0 Å². The van der Waals surface area contributed by atoms with E-state index in [1.54, 1.807) is 17.4 Å². The number of carbonyl (C=O) groups is 1. The Kier molecular flexibility index (Phi) is 2.49. The highest BCUT2D eigenvalue weighted by Crippen LogP contribution is 2.15. The first-order chi connectivity index (χ1) is 8.36. The molecule has 3 aromatic rings. The van der Waals surface area contributed by atoms with Crippen LogP contribution in [0.5, 0.6) is 0 Å². The second-order valence-corrected chi connectivity index (χ2v) is 4.82. The maximum Gasteiger partial charge on any atom is 0.166 e. The molecule has 84 valence electrons. The summed E-state index contributed by atoms with van der Waals surface area (Å²) in [5.41, 5.74) is 2.44. The van der Waals surface area contributed by atoms with Crippen LogP contribution in [0.25, 0.3) is 5.65 Å². The number of rotatable bonds is 3. The van der Waals surface area contributed by atoms with E-state index in [2.05, 4.69) is 16.4 Å². The Bertz CT molecular complexity index is 655. The highest BCUT2D eigenvalue weighted by molar-refractivity contribution is 7.09. The van der Waals surface area contributed by atoms with E-state index < -0.39 is 0 Å². The van der Waals surface area contributed by atoms with E-state index in [1.807, 2.05) is 28.8 Å². The largest absolute Gasteiger partial charge is 0.297 e. The summed E-state index contributed by atoms with van der Waals surface area (Å²) in [7, 11) is 0. The van der Waals surface area contributed by atoms with Gasteiger partial charge in [-0.1, -0.05) is 12.1 Å². The Morgan fingerprint density at radius 2 is 2.24 bits per heavy atom. The molecule has 0 radical (unpaired) electrons. The standard InChI is InChI=1S/C13H10N2OS/c16-9-11-3-1-5-13-14-10(8-15(11)13)7-12-4-2-6-17-12/h1-6,8-9H,7H2. The van der Waals surface area contributed by atoms with Gasteiger partial charge >= 0.3 is 0 Å². The Labute approximate surface area is 102 Å². The van der Waals surface area contributed by atoms with Gasteiger partial charge in [-0.05, 0) is 23.6 Å². The number of nitrogens with zero attached hydrogens (tertiary/aromatic N) is 2. The maximum absolute atomic E-state index is 10.9. The summed E-state index contributed by atoms with van der Waals surface area (Å²) in [4.78, 5) is 16.7. The Hall–Kier alpha value is -1.94. The van der Waals surface area contributed by atoms with Gasteiger partial charge in [0.1, 0.15) is 5.65 Å². The molecule has 0 N–H and O–H groups in total. The van der Waals surface area contributed by atoms with Crippen molar-refractivity contribution >= 4 is 23.3 Å². The molecule has 0 amide bonds. The van der Waals surface area contributed by atoms with Crippen molar-refractivity contribution in [2.45, 2.75) is 6.42 Å². The van der Waals surface area contributed by atoms with Crippen molar-refractivity contribution in [3.05, 3.63) is 58.2 Å². The third-order valence-electron chi connectivity index (χ3n) is 2.63. The van der Waals surface area contributed by atoms with Gasteiger partial charge in [-0.3, -0.25) is 9.20 Å². The minimum absolute atomic E-state index is 0.632. The van der Waals surface area contributed by atoms with Crippen LogP contribution in [0.2, 0.25) is 0 Å².